The average Bonchev–Trinajstić information content (AvgIpc) is 3.21. The van der Waals surface area contributed by atoms with Crippen molar-refractivity contribution in [2.75, 3.05) is 6.61 Å². The second-order valence-corrected chi connectivity index (χ2v) is 4.92. The number of rotatable bonds is 9. The van der Waals surface area contributed by atoms with Gasteiger partial charge >= 0.3 is 0 Å². The maximum atomic E-state index is 5.75. The van der Waals surface area contributed by atoms with E-state index in [4.69, 9.17) is 4.74 Å². The van der Waals surface area contributed by atoms with Gasteiger partial charge in [0.2, 0.25) is 5.88 Å². The topological polar surface area (TPSA) is 47.0 Å². The molecule has 1 heterocycles. The normalized spacial score (nSPS) is 14.7. The summed E-state index contributed by atoms with van der Waals surface area (Å²) in [4.78, 5) is 8.29. The van der Waals surface area contributed by atoms with Gasteiger partial charge in [-0.3, -0.25) is 0 Å². The third-order valence-electron chi connectivity index (χ3n) is 3.14. The molecule has 0 unspecified atom stereocenters. The van der Waals surface area contributed by atoms with Crippen molar-refractivity contribution in [1.82, 2.24) is 15.3 Å². The molecule has 18 heavy (non-hydrogen) atoms. The van der Waals surface area contributed by atoms with Crippen LogP contribution in [0.1, 0.15) is 51.0 Å². The van der Waals surface area contributed by atoms with Gasteiger partial charge in [-0.2, -0.15) is 0 Å². The number of nitrogens with one attached hydrogen (secondary N) is 1. The van der Waals surface area contributed by atoms with Crippen LogP contribution in [0.3, 0.4) is 0 Å². The van der Waals surface area contributed by atoms with E-state index in [0.29, 0.717) is 6.04 Å². The van der Waals surface area contributed by atoms with Crippen molar-refractivity contribution < 1.29 is 4.74 Å². The standard InChI is InChI=1S/C14H23N3O/c1-2-3-4-5-8-18-14-12(9-15-11-17-14)10-16-13-6-7-13/h9,11,13,16H,2-8,10H2,1H3. The Balaban J connectivity index is 1.74. The predicted octanol–water partition coefficient (Wildman–Crippen LogP) is 2.69. The highest BCUT2D eigenvalue weighted by Crippen LogP contribution is 2.21. The van der Waals surface area contributed by atoms with Gasteiger partial charge in [-0.05, 0) is 19.3 Å². The van der Waals surface area contributed by atoms with Gasteiger partial charge in [0.15, 0.2) is 0 Å². The largest absolute Gasteiger partial charge is 0.477 e. The van der Waals surface area contributed by atoms with Gasteiger partial charge in [0.05, 0.1) is 6.61 Å². The van der Waals surface area contributed by atoms with Crippen LogP contribution in [0.15, 0.2) is 12.5 Å². The Bertz CT molecular complexity index is 353. The van der Waals surface area contributed by atoms with E-state index in [1.165, 1.54) is 32.1 Å². The summed E-state index contributed by atoms with van der Waals surface area (Å²) in [6, 6.07) is 0.697. The van der Waals surface area contributed by atoms with Gasteiger partial charge in [-0.15, -0.1) is 0 Å². The quantitative estimate of drug-likeness (QED) is 0.684. The van der Waals surface area contributed by atoms with Crippen LogP contribution in [-0.2, 0) is 6.54 Å². The van der Waals surface area contributed by atoms with E-state index < -0.39 is 0 Å². The Morgan fingerprint density at radius 1 is 1.33 bits per heavy atom. The highest BCUT2D eigenvalue weighted by Gasteiger charge is 2.20. The monoisotopic (exact) mass is 249 g/mol. The molecule has 0 aromatic carbocycles. The van der Waals surface area contributed by atoms with E-state index in [0.717, 1.165) is 31.0 Å². The summed E-state index contributed by atoms with van der Waals surface area (Å²) in [7, 11) is 0. The molecular formula is C14H23N3O. The van der Waals surface area contributed by atoms with Crippen LogP contribution in [0.2, 0.25) is 0 Å². The first-order valence-corrected chi connectivity index (χ1v) is 7.05. The summed E-state index contributed by atoms with van der Waals surface area (Å²) >= 11 is 0. The molecule has 0 amide bonds. The van der Waals surface area contributed by atoms with Gasteiger partial charge in [0, 0.05) is 24.3 Å². The molecule has 0 saturated heterocycles. The van der Waals surface area contributed by atoms with Crippen molar-refractivity contribution in [2.24, 2.45) is 0 Å². The zero-order valence-corrected chi connectivity index (χ0v) is 11.2. The Morgan fingerprint density at radius 2 is 2.22 bits per heavy atom. The molecule has 1 aliphatic carbocycles. The van der Waals surface area contributed by atoms with Gasteiger partial charge in [0.25, 0.3) is 0 Å². The Kier molecular flexibility index (Phi) is 5.39. The van der Waals surface area contributed by atoms with Crippen LogP contribution in [0.25, 0.3) is 0 Å². The number of unbranched alkanes of at least 4 members (excludes halogenated alkanes) is 3. The molecule has 0 spiro atoms. The van der Waals surface area contributed by atoms with Crippen LogP contribution in [-0.4, -0.2) is 22.6 Å². The lowest BCUT2D eigenvalue weighted by molar-refractivity contribution is 0.289. The van der Waals surface area contributed by atoms with Crippen molar-refractivity contribution in [3.63, 3.8) is 0 Å². The second kappa shape index (κ2) is 7.31. The zero-order chi connectivity index (χ0) is 12.6. The van der Waals surface area contributed by atoms with Crippen LogP contribution in [0, 0.1) is 0 Å². The molecule has 4 heteroatoms. The summed E-state index contributed by atoms with van der Waals surface area (Å²) in [6.45, 7) is 3.79. The third kappa shape index (κ3) is 4.61. The molecule has 2 rings (SSSR count). The van der Waals surface area contributed by atoms with Gasteiger partial charge < -0.3 is 10.1 Å². The SMILES string of the molecule is CCCCCCOc1ncncc1CNC1CC1. The number of hydrogen-bond donors (Lipinski definition) is 1. The molecule has 100 valence electrons. The number of aromatic nitrogens is 2. The van der Waals surface area contributed by atoms with Gasteiger partial charge in [-0.1, -0.05) is 26.2 Å². The smallest absolute Gasteiger partial charge is 0.220 e. The molecule has 0 bridgehead atoms. The van der Waals surface area contributed by atoms with Crippen LogP contribution < -0.4 is 10.1 Å². The van der Waals surface area contributed by atoms with E-state index >= 15 is 0 Å². The Labute approximate surface area is 109 Å². The van der Waals surface area contributed by atoms with E-state index in [2.05, 4.69) is 22.2 Å². The highest BCUT2D eigenvalue weighted by atomic mass is 16.5. The maximum absolute atomic E-state index is 5.75. The number of ether oxygens (including phenoxy) is 1. The minimum Gasteiger partial charge on any atom is -0.477 e. The molecule has 1 fully saturated rings. The van der Waals surface area contributed by atoms with Crippen molar-refractivity contribution >= 4 is 0 Å². The van der Waals surface area contributed by atoms with Crippen molar-refractivity contribution in [2.45, 2.75) is 58.0 Å². The van der Waals surface area contributed by atoms with Gasteiger partial charge in [-0.25, -0.2) is 9.97 Å². The molecule has 1 N–H and O–H groups in total. The molecule has 1 aromatic rings. The summed E-state index contributed by atoms with van der Waals surface area (Å²) in [5.74, 6) is 0.745. The second-order valence-electron chi connectivity index (χ2n) is 4.92. The highest BCUT2D eigenvalue weighted by molar-refractivity contribution is 5.22. The average molecular weight is 249 g/mol. The van der Waals surface area contributed by atoms with E-state index in [-0.39, 0.29) is 0 Å². The lowest BCUT2D eigenvalue weighted by atomic mass is 10.2. The minimum atomic E-state index is 0.697. The fourth-order valence-electron chi connectivity index (χ4n) is 1.84. The van der Waals surface area contributed by atoms with E-state index in [1.54, 1.807) is 6.33 Å². The van der Waals surface area contributed by atoms with E-state index in [9.17, 15) is 0 Å². The summed E-state index contributed by atoms with van der Waals surface area (Å²) < 4.78 is 5.75. The van der Waals surface area contributed by atoms with Crippen LogP contribution in [0.5, 0.6) is 5.88 Å². The Hall–Kier alpha value is -1.16. The first kappa shape index (κ1) is 13.3. The van der Waals surface area contributed by atoms with Crippen molar-refractivity contribution in [3.8, 4) is 5.88 Å². The third-order valence-corrected chi connectivity index (χ3v) is 3.14. The lowest BCUT2D eigenvalue weighted by Crippen LogP contribution is -2.16. The predicted molar refractivity (Wildman–Crippen MR) is 71.5 cm³/mol. The molecular weight excluding hydrogens is 226 g/mol. The summed E-state index contributed by atoms with van der Waals surface area (Å²) in [6.07, 6.45) is 10.9. The molecule has 1 saturated carbocycles. The molecule has 0 radical (unpaired) electrons. The zero-order valence-electron chi connectivity index (χ0n) is 11.2. The van der Waals surface area contributed by atoms with E-state index in [1.807, 2.05) is 6.20 Å². The molecule has 1 aromatic heterocycles. The summed E-state index contributed by atoms with van der Waals surface area (Å²) in [5.41, 5.74) is 1.07. The minimum absolute atomic E-state index is 0.697. The summed E-state index contributed by atoms with van der Waals surface area (Å²) in [5, 5.41) is 3.46. The van der Waals surface area contributed by atoms with Gasteiger partial charge in [0.1, 0.15) is 6.33 Å². The molecule has 1 aliphatic rings. The number of nitrogens with zero attached hydrogens (tertiary/aromatic N) is 2. The lowest BCUT2D eigenvalue weighted by Gasteiger charge is -2.10. The maximum Gasteiger partial charge on any atom is 0.220 e. The van der Waals surface area contributed by atoms with Crippen LogP contribution in [0.4, 0.5) is 0 Å². The fraction of sp³-hybridized carbons (Fsp3) is 0.714. The fourth-order valence-corrected chi connectivity index (χ4v) is 1.84. The van der Waals surface area contributed by atoms with Crippen molar-refractivity contribution in [3.05, 3.63) is 18.1 Å². The van der Waals surface area contributed by atoms with Crippen LogP contribution >= 0.6 is 0 Å². The number of hydrogen-bond acceptors (Lipinski definition) is 4. The first-order chi connectivity index (χ1) is 8.90. The molecule has 0 aliphatic heterocycles. The Morgan fingerprint density at radius 3 is 3.00 bits per heavy atom. The van der Waals surface area contributed by atoms with Crippen molar-refractivity contribution in [1.29, 1.82) is 0 Å². The molecule has 0 atom stereocenters. The molecule has 4 nitrogen and oxygen atoms in total. The first-order valence-electron chi connectivity index (χ1n) is 7.05.